The van der Waals surface area contributed by atoms with E-state index < -0.39 is 30.0 Å². The minimum atomic E-state index is -4.54. The fourth-order valence-corrected chi connectivity index (χ4v) is 3.52. The number of amides is 1. The summed E-state index contributed by atoms with van der Waals surface area (Å²) in [6.07, 6.45) is -4.85. The molecule has 10 heteroatoms. The van der Waals surface area contributed by atoms with E-state index >= 15 is 0 Å². The molecule has 1 aromatic carbocycles. The van der Waals surface area contributed by atoms with Gasteiger partial charge in [0, 0.05) is 25.6 Å². The van der Waals surface area contributed by atoms with Gasteiger partial charge in [0.15, 0.2) is 11.7 Å². The lowest BCUT2D eigenvalue weighted by atomic mass is 9.97. The van der Waals surface area contributed by atoms with Crippen LogP contribution >= 0.6 is 0 Å². The molecule has 1 aromatic heterocycles. The molecule has 3 heterocycles. The molecule has 0 aliphatic carbocycles. The van der Waals surface area contributed by atoms with Crippen LogP contribution in [0.25, 0.3) is 0 Å². The Balaban J connectivity index is 1.65. The molecule has 0 radical (unpaired) electrons. The lowest BCUT2D eigenvalue weighted by Crippen LogP contribution is -2.41. The van der Waals surface area contributed by atoms with E-state index in [1.807, 2.05) is 0 Å². The second kappa shape index (κ2) is 7.08. The molecule has 2 aliphatic heterocycles. The Morgan fingerprint density at radius 2 is 1.86 bits per heavy atom. The van der Waals surface area contributed by atoms with Crippen molar-refractivity contribution in [2.75, 3.05) is 31.6 Å². The summed E-state index contributed by atoms with van der Waals surface area (Å²) in [5.41, 5.74) is 0.488. The number of benzene rings is 1. The van der Waals surface area contributed by atoms with Gasteiger partial charge >= 0.3 is 6.18 Å². The smallest absolute Gasteiger partial charge is 0.378 e. The number of fused-ring (bicyclic) bond motifs is 1. The Bertz CT molecular complexity index is 859. The molecule has 0 spiro atoms. The summed E-state index contributed by atoms with van der Waals surface area (Å²) in [6.45, 7) is 1.51. The number of aromatic nitrogens is 2. The Morgan fingerprint density at radius 1 is 1.18 bits per heavy atom. The molecule has 2 aromatic rings. The van der Waals surface area contributed by atoms with Crippen molar-refractivity contribution in [2.45, 2.75) is 24.7 Å². The Morgan fingerprint density at radius 3 is 2.50 bits per heavy atom. The van der Waals surface area contributed by atoms with Gasteiger partial charge in [0.25, 0.3) is 5.91 Å². The van der Waals surface area contributed by atoms with Crippen LogP contribution < -0.4 is 5.32 Å². The van der Waals surface area contributed by atoms with Crippen LogP contribution in [0, 0.1) is 5.82 Å². The average molecular weight is 398 g/mol. The lowest BCUT2D eigenvalue weighted by molar-refractivity contribution is -0.173. The highest BCUT2D eigenvalue weighted by atomic mass is 19.4. The first kappa shape index (κ1) is 18.7. The minimum Gasteiger partial charge on any atom is -0.378 e. The van der Waals surface area contributed by atoms with E-state index in [-0.39, 0.29) is 17.9 Å². The summed E-state index contributed by atoms with van der Waals surface area (Å²) in [6, 6.07) is 4.09. The van der Waals surface area contributed by atoms with E-state index in [2.05, 4.69) is 10.4 Å². The van der Waals surface area contributed by atoms with Crippen LogP contribution in [0.4, 0.5) is 23.4 Å². The number of nitrogens with zero attached hydrogens (tertiary/aromatic N) is 3. The van der Waals surface area contributed by atoms with Gasteiger partial charge in [0.2, 0.25) is 0 Å². The summed E-state index contributed by atoms with van der Waals surface area (Å²) in [7, 11) is 0. The fourth-order valence-electron chi connectivity index (χ4n) is 3.52. The number of carbonyl (C=O) groups is 1. The van der Waals surface area contributed by atoms with Crippen molar-refractivity contribution in [2.24, 2.45) is 0 Å². The average Bonchev–Trinajstić information content (AvgIpc) is 3.11. The predicted molar refractivity (Wildman–Crippen MR) is 91.4 cm³/mol. The maximum Gasteiger partial charge on any atom is 0.410 e. The van der Waals surface area contributed by atoms with Crippen LogP contribution in [0.3, 0.4) is 0 Å². The highest BCUT2D eigenvalue weighted by Crippen LogP contribution is 2.43. The van der Waals surface area contributed by atoms with Crippen molar-refractivity contribution >= 4 is 11.7 Å². The predicted octanol–water partition coefficient (Wildman–Crippen LogP) is 3.15. The van der Waals surface area contributed by atoms with Crippen LogP contribution in [0.15, 0.2) is 30.3 Å². The van der Waals surface area contributed by atoms with E-state index in [4.69, 9.17) is 4.74 Å². The van der Waals surface area contributed by atoms with Crippen LogP contribution in [0.2, 0.25) is 0 Å². The third kappa shape index (κ3) is 3.56. The third-order valence-electron chi connectivity index (χ3n) is 4.98. The van der Waals surface area contributed by atoms with Gasteiger partial charge in [0.1, 0.15) is 11.6 Å². The van der Waals surface area contributed by atoms with Gasteiger partial charge in [-0.1, -0.05) is 12.1 Å². The van der Waals surface area contributed by atoms with Gasteiger partial charge < -0.3 is 15.0 Å². The SMILES string of the molecule is O=C(c1cc2n(n1)[C@H](C(F)(F)F)C[C@@H](c1ccc(F)cc1)N2)N1CCOCC1. The number of morpholine rings is 1. The molecule has 0 unspecified atom stereocenters. The number of carbonyl (C=O) groups excluding carboxylic acids is 1. The summed E-state index contributed by atoms with van der Waals surface area (Å²) in [4.78, 5) is 14.1. The van der Waals surface area contributed by atoms with Crippen LogP contribution in [0.1, 0.15) is 34.6 Å². The first-order valence-corrected chi connectivity index (χ1v) is 8.88. The first-order chi connectivity index (χ1) is 13.3. The quantitative estimate of drug-likeness (QED) is 0.790. The molecule has 4 rings (SSSR count). The molecule has 1 amide bonds. The maximum atomic E-state index is 13.7. The van der Waals surface area contributed by atoms with Gasteiger partial charge in [-0.15, -0.1) is 0 Å². The topological polar surface area (TPSA) is 59.4 Å². The van der Waals surface area contributed by atoms with Crippen molar-refractivity contribution < 1.29 is 27.1 Å². The van der Waals surface area contributed by atoms with Crippen LogP contribution in [0.5, 0.6) is 0 Å². The molecule has 1 saturated heterocycles. The van der Waals surface area contributed by atoms with Gasteiger partial charge in [-0.3, -0.25) is 4.79 Å². The Hall–Kier alpha value is -2.62. The van der Waals surface area contributed by atoms with Crippen LogP contribution in [-0.2, 0) is 4.74 Å². The lowest BCUT2D eigenvalue weighted by Gasteiger charge is -2.33. The fraction of sp³-hybridized carbons (Fsp3) is 0.444. The molecule has 28 heavy (non-hydrogen) atoms. The van der Waals surface area contributed by atoms with E-state index in [1.165, 1.54) is 35.2 Å². The second-order valence-electron chi connectivity index (χ2n) is 6.81. The minimum absolute atomic E-state index is 0.0431. The summed E-state index contributed by atoms with van der Waals surface area (Å²) in [5.74, 6) is -0.777. The molecule has 150 valence electrons. The highest BCUT2D eigenvalue weighted by molar-refractivity contribution is 5.93. The third-order valence-corrected chi connectivity index (χ3v) is 4.98. The monoisotopic (exact) mass is 398 g/mol. The van der Waals surface area contributed by atoms with Crippen molar-refractivity contribution in [1.82, 2.24) is 14.7 Å². The summed E-state index contributed by atoms with van der Waals surface area (Å²) < 4.78 is 60.2. The van der Waals surface area contributed by atoms with E-state index in [0.29, 0.717) is 31.9 Å². The number of nitrogens with one attached hydrogen (secondary N) is 1. The summed E-state index contributed by atoms with van der Waals surface area (Å²) >= 11 is 0. The molecule has 2 atom stereocenters. The van der Waals surface area contributed by atoms with Gasteiger partial charge in [-0.25, -0.2) is 9.07 Å². The zero-order valence-corrected chi connectivity index (χ0v) is 14.7. The molecule has 1 fully saturated rings. The van der Waals surface area contributed by atoms with E-state index in [1.54, 1.807) is 0 Å². The normalized spacial score (nSPS) is 22.5. The van der Waals surface area contributed by atoms with E-state index in [0.717, 1.165) is 4.68 Å². The maximum absolute atomic E-state index is 13.7. The van der Waals surface area contributed by atoms with Gasteiger partial charge in [0.05, 0.1) is 19.3 Å². The largest absolute Gasteiger partial charge is 0.410 e. The van der Waals surface area contributed by atoms with Crippen molar-refractivity contribution in [3.63, 3.8) is 0 Å². The standard InChI is InChI=1S/C18H18F4N4O2/c19-12-3-1-11(2-4-12)13-9-15(18(20,21)22)26-16(23-13)10-14(24-26)17(27)25-5-7-28-8-6-25/h1-4,10,13,15,23H,5-9H2/t13-,15-/m0/s1. The number of alkyl halides is 3. The molecule has 0 bridgehead atoms. The van der Waals surface area contributed by atoms with Crippen molar-refractivity contribution in [3.05, 3.63) is 47.4 Å². The number of anilines is 1. The first-order valence-electron chi connectivity index (χ1n) is 8.88. The molecule has 0 saturated carbocycles. The second-order valence-corrected chi connectivity index (χ2v) is 6.81. The zero-order chi connectivity index (χ0) is 19.9. The summed E-state index contributed by atoms with van der Waals surface area (Å²) in [5, 5.41) is 6.95. The molecule has 2 aliphatic rings. The Kier molecular flexibility index (Phi) is 4.74. The zero-order valence-electron chi connectivity index (χ0n) is 14.7. The van der Waals surface area contributed by atoms with Gasteiger partial charge in [-0.2, -0.15) is 18.3 Å². The number of rotatable bonds is 2. The molecular weight excluding hydrogens is 380 g/mol. The van der Waals surface area contributed by atoms with Crippen molar-refractivity contribution in [3.8, 4) is 0 Å². The number of ether oxygens (including phenoxy) is 1. The van der Waals surface area contributed by atoms with Gasteiger partial charge in [-0.05, 0) is 17.7 Å². The number of hydrogen-bond donors (Lipinski definition) is 1. The molecule has 6 nitrogen and oxygen atoms in total. The van der Waals surface area contributed by atoms with E-state index in [9.17, 15) is 22.4 Å². The molecular formula is C18H18F4N4O2. The van der Waals surface area contributed by atoms with Crippen molar-refractivity contribution in [1.29, 1.82) is 0 Å². The highest BCUT2D eigenvalue weighted by Gasteiger charge is 2.47. The Labute approximate surface area is 158 Å². The van der Waals surface area contributed by atoms with Crippen LogP contribution in [-0.4, -0.2) is 53.1 Å². The number of halogens is 4. The number of hydrogen-bond acceptors (Lipinski definition) is 4. The molecule has 1 N–H and O–H groups in total.